The summed E-state index contributed by atoms with van der Waals surface area (Å²) in [7, 11) is 0. The highest BCUT2D eigenvalue weighted by Crippen LogP contribution is 2.25. The number of carboxylic acid groups (broad SMARTS) is 1. The van der Waals surface area contributed by atoms with Crippen molar-refractivity contribution in [2.24, 2.45) is 5.92 Å². The SMILES string of the molecule is CCc1cc(C(=O)N[C@@H]2CC[C@H](C(=O)O)C2)n[nH]1. The molecule has 1 fully saturated rings. The lowest BCUT2D eigenvalue weighted by Crippen LogP contribution is -2.33. The first-order valence-corrected chi connectivity index (χ1v) is 6.18. The largest absolute Gasteiger partial charge is 0.481 e. The Morgan fingerprint density at radius 3 is 2.89 bits per heavy atom. The van der Waals surface area contributed by atoms with Crippen molar-refractivity contribution in [1.29, 1.82) is 0 Å². The van der Waals surface area contributed by atoms with Crippen LogP contribution in [0.15, 0.2) is 6.07 Å². The van der Waals surface area contributed by atoms with Crippen LogP contribution in [0.2, 0.25) is 0 Å². The summed E-state index contributed by atoms with van der Waals surface area (Å²) in [4.78, 5) is 22.7. The lowest BCUT2D eigenvalue weighted by atomic mass is 10.1. The molecule has 0 bridgehead atoms. The molecular formula is C12H17N3O3. The lowest BCUT2D eigenvalue weighted by Gasteiger charge is -2.10. The quantitative estimate of drug-likeness (QED) is 0.742. The van der Waals surface area contributed by atoms with Crippen molar-refractivity contribution in [2.75, 3.05) is 0 Å². The van der Waals surface area contributed by atoms with Gasteiger partial charge in [-0.05, 0) is 31.7 Å². The van der Waals surface area contributed by atoms with Crippen LogP contribution in [0.5, 0.6) is 0 Å². The second kappa shape index (κ2) is 5.20. The minimum atomic E-state index is -0.778. The Morgan fingerprint density at radius 1 is 1.56 bits per heavy atom. The van der Waals surface area contributed by atoms with Gasteiger partial charge < -0.3 is 10.4 Å². The number of hydrogen-bond acceptors (Lipinski definition) is 3. The Morgan fingerprint density at radius 2 is 2.33 bits per heavy atom. The molecule has 1 heterocycles. The van der Waals surface area contributed by atoms with E-state index in [2.05, 4.69) is 15.5 Å². The number of H-pyrrole nitrogens is 1. The van der Waals surface area contributed by atoms with E-state index in [1.165, 1.54) is 0 Å². The molecule has 0 spiro atoms. The van der Waals surface area contributed by atoms with Crippen molar-refractivity contribution in [3.63, 3.8) is 0 Å². The van der Waals surface area contributed by atoms with Gasteiger partial charge in [-0.15, -0.1) is 0 Å². The normalized spacial score (nSPS) is 22.9. The Bertz CT molecular complexity index is 455. The fourth-order valence-corrected chi connectivity index (χ4v) is 2.26. The van der Waals surface area contributed by atoms with Crippen molar-refractivity contribution in [1.82, 2.24) is 15.5 Å². The van der Waals surface area contributed by atoms with E-state index in [0.717, 1.165) is 12.1 Å². The molecule has 18 heavy (non-hydrogen) atoms. The van der Waals surface area contributed by atoms with Gasteiger partial charge in [-0.3, -0.25) is 14.7 Å². The van der Waals surface area contributed by atoms with Gasteiger partial charge in [0.15, 0.2) is 0 Å². The van der Waals surface area contributed by atoms with E-state index in [9.17, 15) is 9.59 Å². The van der Waals surface area contributed by atoms with E-state index >= 15 is 0 Å². The smallest absolute Gasteiger partial charge is 0.306 e. The number of aryl methyl sites for hydroxylation is 1. The third-order valence-corrected chi connectivity index (χ3v) is 3.36. The highest BCUT2D eigenvalue weighted by Gasteiger charge is 2.30. The minimum absolute atomic E-state index is 0.0552. The maximum Gasteiger partial charge on any atom is 0.306 e. The van der Waals surface area contributed by atoms with E-state index in [4.69, 9.17) is 5.11 Å². The molecule has 6 heteroatoms. The number of nitrogens with one attached hydrogen (secondary N) is 2. The molecule has 1 aliphatic rings. The van der Waals surface area contributed by atoms with Gasteiger partial charge in [-0.25, -0.2) is 0 Å². The van der Waals surface area contributed by atoms with Gasteiger partial charge in [0.05, 0.1) is 5.92 Å². The second-order valence-electron chi connectivity index (χ2n) is 4.65. The number of carbonyl (C=O) groups excluding carboxylic acids is 1. The Balaban J connectivity index is 1.90. The predicted octanol–water partition coefficient (Wildman–Crippen LogP) is 0.955. The van der Waals surface area contributed by atoms with Crippen LogP contribution >= 0.6 is 0 Å². The number of carboxylic acids is 1. The van der Waals surface area contributed by atoms with Gasteiger partial charge in [0.25, 0.3) is 5.91 Å². The molecular weight excluding hydrogens is 234 g/mol. The third-order valence-electron chi connectivity index (χ3n) is 3.36. The molecule has 1 aromatic heterocycles. The first-order chi connectivity index (χ1) is 8.60. The van der Waals surface area contributed by atoms with Crippen LogP contribution in [0.25, 0.3) is 0 Å². The standard InChI is InChI=1S/C12H17N3O3/c1-2-8-6-10(15-14-8)11(16)13-9-4-3-7(5-9)12(17)18/h6-7,9H,2-5H2,1H3,(H,13,16)(H,14,15)(H,17,18)/t7-,9+/m0/s1. The Labute approximate surface area is 105 Å². The molecule has 2 rings (SSSR count). The topological polar surface area (TPSA) is 95.1 Å². The molecule has 1 aliphatic carbocycles. The number of aliphatic carboxylic acids is 1. The van der Waals surface area contributed by atoms with Gasteiger partial charge in [0.1, 0.15) is 5.69 Å². The Kier molecular flexibility index (Phi) is 3.64. The summed E-state index contributed by atoms with van der Waals surface area (Å²) >= 11 is 0. The zero-order valence-corrected chi connectivity index (χ0v) is 10.3. The molecule has 1 saturated carbocycles. The average molecular weight is 251 g/mol. The zero-order valence-electron chi connectivity index (χ0n) is 10.3. The lowest BCUT2D eigenvalue weighted by molar-refractivity contribution is -0.141. The summed E-state index contributed by atoms with van der Waals surface area (Å²) in [6.45, 7) is 1.98. The van der Waals surface area contributed by atoms with Crippen LogP contribution in [-0.4, -0.2) is 33.2 Å². The highest BCUT2D eigenvalue weighted by molar-refractivity contribution is 5.92. The average Bonchev–Trinajstić information content (AvgIpc) is 2.96. The molecule has 1 amide bonds. The Hall–Kier alpha value is -1.85. The fraction of sp³-hybridized carbons (Fsp3) is 0.583. The number of aromatic nitrogens is 2. The molecule has 0 aliphatic heterocycles. The van der Waals surface area contributed by atoms with Crippen molar-refractivity contribution >= 4 is 11.9 Å². The first kappa shape index (κ1) is 12.6. The van der Waals surface area contributed by atoms with E-state index < -0.39 is 5.97 Å². The van der Waals surface area contributed by atoms with Gasteiger partial charge in [0, 0.05) is 11.7 Å². The minimum Gasteiger partial charge on any atom is -0.481 e. The van der Waals surface area contributed by atoms with Gasteiger partial charge in [0.2, 0.25) is 0 Å². The zero-order chi connectivity index (χ0) is 13.1. The van der Waals surface area contributed by atoms with E-state index in [0.29, 0.717) is 25.0 Å². The van der Waals surface area contributed by atoms with Crippen molar-refractivity contribution in [2.45, 2.75) is 38.6 Å². The van der Waals surface area contributed by atoms with Crippen molar-refractivity contribution in [3.05, 3.63) is 17.5 Å². The van der Waals surface area contributed by atoms with Crippen molar-refractivity contribution in [3.8, 4) is 0 Å². The fourth-order valence-electron chi connectivity index (χ4n) is 2.26. The number of amides is 1. The molecule has 1 aromatic rings. The maximum absolute atomic E-state index is 11.9. The molecule has 0 unspecified atom stereocenters. The first-order valence-electron chi connectivity index (χ1n) is 6.18. The molecule has 3 N–H and O–H groups in total. The predicted molar refractivity (Wildman–Crippen MR) is 64.2 cm³/mol. The number of hydrogen-bond donors (Lipinski definition) is 3. The molecule has 6 nitrogen and oxygen atoms in total. The summed E-state index contributed by atoms with van der Waals surface area (Å²) in [5.41, 5.74) is 1.28. The summed E-state index contributed by atoms with van der Waals surface area (Å²) < 4.78 is 0. The van der Waals surface area contributed by atoms with Crippen LogP contribution in [-0.2, 0) is 11.2 Å². The number of carbonyl (C=O) groups is 2. The third kappa shape index (κ3) is 2.69. The van der Waals surface area contributed by atoms with Crippen LogP contribution < -0.4 is 5.32 Å². The van der Waals surface area contributed by atoms with Crippen molar-refractivity contribution < 1.29 is 14.7 Å². The summed E-state index contributed by atoms with van der Waals surface area (Å²) in [5.74, 6) is -1.34. The molecule has 98 valence electrons. The monoisotopic (exact) mass is 251 g/mol. The van der Waals surface area contributed by atoms with Crippen LogP contribution in [0.1, 0.15) is 42.4 Å². The second-order valence-corrected chi connectivity index (χ2v) is 4.65. The molecule has 2 atom stereocenters. The number of aromatic amines is 1. The van der Waals surface area contributed by atoms with E-state index in [1.54, 1.807) is 6.07 Å². The summed E-state index contributed by atoms with van der Waals surface area (Å²) in [6.07, 6.45) is 2.64. The van der Waals surface area contributed by atoms with Gasteiger partial charge in [-0.1, -0.05) is 6.92 Å². The van der Waals surface area contributed by atoms with Gasteiger partial charge >= 0.3 is 5.97 Å². The maximum atomic E-state index is 11.9. The number of nitrogens with zero attached hydrogens (tertiary/aromatic N) is 1. The number of rotatable bonds is 4. The van der Waals surface area contributed by atoms with Crippen LogP contribution in [0.4, 0.5) is 0 Å². The molecule has 0 radical (unpaired) electrons. The van der Waals surface area contributed by atoms with E-state index in [-0.39, 0.29) is 17.9 Å². The highest BCUT2D eigenvalue weighted by atomic mass is 16.4. The molecule has 0 saturated heterocycles. The molecule has 0 aromatic carbocycles. The summed E-state index contributed by atoms with van der Waals surface area (Å²) in [6, 6.07) is 1.67. The summed E-state index contributed by atoms with van der Waals surface area (Å²) in [5, 5.41) is 18.4. The van der Waals surface area contributed by atoms with Crippen LogP contribution in [0, 0.1) is 5.92 Å². The van der Waals surface area contributed by atoms with Gasteiger partial charge in [-0.2, -0.15) is 5.10 Å². The van der Waals surface area contributed by atoms with Crippen LogP contribution in [0.3, 0.4) is 0 Å². The van der Waals surface area contributed by atoms with E-state index in [1.807, 2.05) is 6.92 Å².